The molecule has 2 aromatic carbocycles. The molecule has 1 aliphatic rings. The molecule has 0 atom stereocenters. The lowest BCUT2D eigenvalue weighted by Crippen LogP contribution is -2.38. The molecule has 8 heteroatoms. The lowest BCUT2D eigenvalue weighted by Gasteiger charge is -2.31. The number of sulfonamides is 1. The van der Waals surface area contributed by atoms with Gasteiger partial charge in [-0.15, -0.1) is 0 Å². The van der Waals surface area contributed by atoms with Crippen molar-refractivity contribution in [2.45, 2.75) is 23.7 Å². The maximum Gasteiger partial charge on any atom is 0.271 e. The number of para-hydroxylation sites is 1. The lowest BCUT2D eigenvalue weighted by atomic mass is 9.94. The largest absolute Gasteiger partial charge is 0.271 e. The summed E-state index contributed by atoms with van der Waals surface area (Å²) < 4.78 is 41.4. The van der Waals surface area contributed by atoms with Crippen LogP contribution in [0.25, 0.3) is 5.69 Å². The molecule has 6 nitrogen and oxygen atoms in total. The molecule has 0 unspecified atom stereocenters. The maximum absolute atomic E-state index is 13.1. The van der Waals surface area contributed by atoms with E-state index in [4.69, 9.17) is 0 Å². The van der Waals surface area contributed by atoms with Crippen molar-refractivity contribution in [3.63, 3.8) is 0 Å². The van der Waals surface area contributed by atoms with Gasteiger partial charge >= 0.3 is 0 Å². The quantitative estimate of drug-likeness (QED) is 0.659. The minimum absolute atomic E-state index is 0.0604. The van der Waals surface area contributed by atoms with Gasteiger partial charge in [0.25, 0.3) is 5.56 Å². The van der Waals surface area contributed by atoms with E-state index >= 15 is 0 Å². The van der Waals surface area contributed by atoms with Gasteiger partial charge in [0.1, 0.15) is 5.82 Å². The van der Waals surface area contributed by atoms with Gasteiger partial charge in [-0.25, -0.2) is 12.8 Å². The standard InChI is InChI=1S/C21H20FN3O3S/c22-17-6-8-19(9-7-17)29(27,28)24-14-12-16(13-15-24)20-10-11-21(26)25(23-20)18-4-2-1-3-5-18/h1-11,16H,12-15H2. The minimum Gasteiger partial charge on any atom is -0.267 e. The second-order valence-corrected chi connectivity index (χ2v) is 8.91. The number of nitrogens with zero attached hydrogens (tertiary/aromatic N) is 3. The molecule has 0 bridgehead atoms. The van der Waals surface area contributed by atoms with E-state index in [2.05, 4.69) is 5.10 Å². The van der Waals surface area contributed by atoms with Crippen LogP contribution in [0.4, 0.5) is 4.39 Å². The van der Waals surface area contributed by atoms with Crippen LogP contribution < -0.4 is 5.56 Å². The first-order valence-corrected chi connectivity index (χ1v) is 10.8. The van der Waals surface area contributed by atoms with Crippen LogP contribution in [0.15, 0.2) is 76.4 Å². The third-order valence-electron chi connectivity index (χ3n) is 5.15. The molecule has 0 saturated carbocycles. The van der Waals surface area contributed by atoms with Gasteiger partial charge < -0.3 is 0 Å². The van der Waals surface area contributed by atoms with Crippen LogP contribution in [0.1, 0.15) is 24.5 Å². The van der Waals surface area contributed by atoms with Crippen LogP contribution in [0.2, 0.25) is 0 Å². The molecule has 0 radical (unpaired) electrons. The first kappa shape index (κ1) is 19.5. The Bertz CT molecular complexity index is 1150. The highest BCUT2D eigenvalue weighted by atomic mass is 32.2. The van der Waals surface area contributed by atoms with E-state index < -0.39 is 15.8 Å². The van der Waals surface area contributed by atoms with Crippen molar-refractivity contribution >= 4 is 10.0 Å². The summed E-state index contributed by atoms with van der Waals surface area (Å²) in [6.45, 7) is 0.688. The Hall–Kier alpha value is -2.84. The highest BCUT2D eigenvalue weighted by Gasteiger charge is 2.30. The van der Waals surface area contributed by atoms with Crippen LogP contribution in [-0.4, -0.2) is 35.6 Å². The molecule has 1 saturated heterocycles. The fourth-order valence-corrected chi connectivity index (χ4v) is 5.01. The van der Waals surface area contributed by atoms with Crippen molar-refractivity contribution < 1.29 is 12.8 Å². The molecule has 150 valence electrons. The predicted molar refractivity (Wildman–Crippen MR) is 107 cm³/mol. The molecule has 2 heterocycles. The molecule has 0 N–H and O–H groups in total. The van der Waals surface area contributed by atoms with Gasteiger partial charge in [0.2, 0.25) is 10.0 Å². The van der Waals surface area contributed by atoms with E-state index in [-0.39, 0.29) is 16.4 Å². The Kier molecular flexibility index (Phi) is 5.29. The Labute approximate surface area is 168 Å². The van der Waals surface area contributed by atoms with E-state index in [1.54, 1.807) is 6.07 Å². The van der Waals surface area contributed by atoms with Gasteiger partial charge in [0, 0.05) is 25.1 Å². The third kappa shape index (κ3) is 3.99. The smallest absolute Gasteiger partial charge is 0.267 e. The maximum atomic E-state index is 13.1. The molecule has 0 aliphatic carbocycles. The van der Waals surface area contributed by atoms with E-state index in [0.717, 1.165) is 17.8 Å². The summed E-state index contributed by atoms with van der Waals surface area (Å²) in [6.07, 6.45) is 1.20. The van der Waals surface area contributed by atoms with Gasteiger partial charge in [-0.2, -0.15) is 14.1 Å². The summed E-state index contributed by atoms with van der Waals surface area (Å²) >= 11 is 0. The minimum atomic E-state index is -3.65. The summed E-state index contributed by atoms with van der Waals surface area (Å²) in [4.78, 5) is 12.3. The molecular formula is C21H20FN3O3S. The van der Waals surface area contributed by atoms with Crippen molar-refractivity contribution in [1.82, 2.24) is 14.1 Å². The molecule has 4 rings (SSSR count). The topological polar surface area (TPSA) is 72.3 Å². The number of halogens is 1. The second kappa shape index (κ2) is 7.88. The number of rotatable bonds is 4. The molecular weight excluding hydrogens is 393 g/mol. The number of aromatic nitrogens is 2. The average molecular weight is 413 g/mol. The summed E-state index contributed by atoms with van der Waals surface area (Å²) in [7, 11) is -3.65. The number of hydrogen-bond acceptors (Lipinski definition) is 4. The zero-order chi connectivity index (χ0) is 20.4. The molecule has 3 aromatic rings. The SMILES string of the molecule is O=c1ccc(C2CCN(S(=O)(=O)c3ccc(F)cc3)CC2)nn1-c1ccccc1. The van der Waals surface area contributed by atoms with E-state index in [0.29, 0.717) is 31.6 Å². The average Bonchev–Trinajstić information content (AvgIpc) is 2.75. The summed E-state index contributed by atoms with van der Waals surface area (Å²) in [5, 5.41) is 4.52. The Morgan fingerprint density at radius 1 is 0.897 bits per heavy atom. The summed E-state index contributed by atoms with van der Waals surface area (Å²) in [6, 6.07) is 17.3. The van der Waals surface area contributed by atoms with E-state index in [9.17, 15) is 17.6 Å². The van der Waals surface area contributed by atoms with E-state index in [1.165, 1.54) is 27.2 Å². The molecule has 0 spiro atoms. The zero-order valence-corrected chi connectivity index (χ0v) is 16.4. The van der Waals surface area contributed by atoms with Crippen molar-refractivity contribution in [2.24, 2.45) is 0 Å². The van der Waals surface area contributed by atoms with Crippen molar-refractivity contribution in [2.75, 3.05) is 13.1 Å². The Morgan fingerprint density at radius 2 is 1.55 bits per heavy atom. The molecule has 1 fully saturated rings. The van der Waals surface area contributed by atoms with Crippen molar-refractivity contribution in [3.8, 4) is 5.69 Å². The van der Waals surface area contributed by atoms with Gasteiger partial charge in [-0.05, 0) is 55.3 Å². The number of benzene rings is 2. The van der Waals surface area contributed by atoms with Crippen LogP contribution in [-0.2, 0) is 10.0 Å². The van der Waals surface area contributed by atoms with E-state index in [1.807, 2.05) is 30.3 Å². The van der Waals surface area contributed by atoms with Gasteiger partial charge in [-0.3, -0.25) is 4.79 Å². The third-order valence-corrected chi connectivity index (χ3v) is 7.06. The zero-order valence-electron chi connectivity index (χ0n) is 15.6. The first-order valence-electron chi connectivity index (χ1n) is 9.36. The number of hydrogen-bond donors (Lipinski definition) is 0. The highest BCUT2D eigenvalue weighted by Crippen LogP contribution is 2.29. The summed E-state index contributed by atoms with van der Waals surface area (Å²) in [5.41, 5.74) is 1.25. The van der Waals surface area contributed by atoms with Gasteiger partial charge in [-0.1, -0.05) is 18.2 Å². The van der Waals surface area contributed by atoms with Gasteiger partial charge in [0.05, 0.1) is 16.3 Å². The fraction of sp³-hybridized carbons (Fsp3) is 0.238. The Balaban J connectivity index is 1.52. The lowest BCUT2D eigenvalue weighted by molar-refractivity contribution is 0.315. The normalized spacial score (nSPS) is 16.0. The van der Waals surface area contributed by atoms with Crippen LogP contribution in [0.5, 0.6) is 0 Å². The molecule has 1 aromatic heterocycles. The monoisotopic (exact) mass is 413 g/mol. The molecule has 29 heavy (non-hydrogen) atoms. The summed E-state index contributed by atoms with van der Waals surface area (Å²) in [5.74, 6) is -0.410. The van der Waals surface area contributed by atoms with Crippen LogP contribution in [0.3, 0.4) is 0 Å². The first-order chi connectivity index (χ1) is 13.9. The van der Waals surface area contributed by atoms with Crippen molar-refractivity contribution in [3.05, 3.63) is 88.6 Å². The van der Waals surface area contributed by atoms with Crippen LogP contribution in [0, 0.1) is 5.82 Å². The molecule has 0 amide bonds. The predicted octanol–water partition coefficient (Wildman–Crippen LogP) is 2.94. The van der Waals surface area contributed by atoms with Gasteiger partial charge in [0.15, 0.2) is 0 Å². The van der Waals surface area contributed by atoms with Crippen molar-refractivity contribution in [1.29, 1.82) is 0 Å². The number of piperidine rings is 1. The fourth-order valence-electron chi connectivity index (χ4n) is 3.54. The Morgan fingerprint density at radius 3 is 2.21 bits per heavy atom. The van der Waals surface area contributed by atoms with Crippen LogP contribution >= 0.6 is 0 Å². The highest BCUT2D eigenvalue weighted by molar-refractivity contribution is 7.89. The second-order valence-electron chi connectivity index (χ2n) is 6.98. The molecule has 1 aliphatic heterocycles.